The van der Waals surface area contributed by atoms with E-state index in [1.54, 1.807) is 17.0 Å². The summed E-state index contributed by atoms with van der Waals surface area (Å²) in [6.45, 7) is 6.47. The van der Waals surface area contributed by atoms with E-state index in [-0.39, 0.29) is 11.1 Å². The molecule has 2 heterocycles. The van der Waals surface area contributed by atoms with Crippen molar-refractivity contribution in [1.82, 2.24) is 9.78 Å². The Morgan fingerprint density at radius 3 is 2.43 bits per heavy atom. The van der Waals surface area contributed by atoms with Gasteiger partial charge in [-0.1, -0.05) is 32.9 Å². The topological polar surface area (TPSA) is 56.5 Å². The lowest BCUT2D eigenvalue weighted by Gasteiger charge is -2.18. The highest BCUT2D eigenvalue weighted by molar-refractivity contribution is 6.12. The third-order valence-corrected chi connectivity index (χ3v) is 3.65. The molecular weight excluding hydrogens is 290 g/mol. The number of carbonyl (C=O) groups is 1. The predicted octanol–water partition coefficient (Wildman–Crippen LogP) is 3.06. The first-order valence-electron chi connectivity index (χ1n) is 7.45. The summed E-state index contributed by atoms with van der Waals surface area (Å²) in [6, 6.07) is 7.93. The van der Waals surface area contributed by atoms with Gasteiger partial charge >= 0.3 is 5.97 Å². The van der Waals surface area contributed by atoms with Crippen LogP contribution in [0.1, 0.15) is 37.5 Å². The molecule has 0 saturated carbocycles. The Hall–Kier alpha value is -2.69. The molecular formula is C18H19N3O2. The molecule has 5 nitrogen and oxygen atoms in total. The van der Waals surface area contributed by atoms with Crippen molar-refractivity contribution < 1.29 is 9.53 Å². The van der Waals surface area contributed by atoms with Gasteiger partial charge in [-0.2, -0.15) is 5.10 Å². The number of carbonyl (C=O) groups excluding carboxylic acids is 1. The van der Waals surface area contributed by atoms with Gasteiger partial charge < -0.3 is 4.74 Å². The summed E-state index contributed by atoms with van der Waals surface area (Å²) in [5.41, 5.74) is 3.19. The average Bonchev–Trinajstić information content (AvgIpc) is 3.05. The van der Waals surface area contributed by atoms with E-state index in [0.29, 0.717) is 5.90 Å². The van der Waals surface area contributed by atoms with Crippen molar-refractivity contribution in [3.63, 3.8) is 0 Å². The number of hydrogen-bond donors (Lipinski definition) is 0. The molecule has 1 aliphatic heterocycles. The van der Waals surface area contributed by atoms with E-state index in [1.807, 2.05) is 37.5 Å². The molecule has 0 atom stereocenters. The van der Waals surface area contributed by atoms with E-state index in [4.69, 9.17) is 4.74 Å². The summed E-state index contributed by atoms with van der Waals surface area (Å²) in [4.78, 5) is 16.3. The summed E-state index contributed by atoms with van der Waals surface area (Å²) in [7, 11) is 1.82. The molecule has 0 unspecified atom stereocenters. The third kappa shape index (κ3) is 3.23. The van der Waals surface area contributed by atoms with Crippen LogP contribution in [0.25, 0.3) is 6.08 Å². The number of cyclic esters (lactones) is 1. The molecule has 0 bridgehead atoms. The Balaban J connectivity index is 1.88. The van der Waals surface area contributed by atoms with Gasteiger partial charge in [0.1, 0.15) is 0 Å². The molecule has 0 N–H and O–H groups in total. The van der Waals surface area contributed by atoms with Gasteiger partial charge in [0, 0.05) is 24.4 Å². The summed E-state index contributed by atoms with van der Waals surface area (Å²) < 4.78 is 6.95. The largest absolute Gasteiger partial charge is 0.402 e. The molecule has 1 aromatic carbocycles. The van der Waals surface area contributed by atoms with Crippen molar-refractivity contribution in [2.24, 2.45) is 12.0 Å². The van der Waals surface area contributed by atoms with E-state index in [1.165, 1.54) is 5.56 Å². The van der Waals surface area contributed by atoms with Crippen LogP contribution in [0.4, 0.5) is 0 Å². The van der Waals surface area contributed by atoms with Gasteiger partial charge in [0.05, 0.1) is 6.20 Å². The fourth-order valence-corrected chi connectivity index (χ4v) is 2.32. The Bertz CT molecular complexity index is 806. The molecule has 2 aromatic rings. The minimum Gasteiger partial charge on any atom is -0.402 e. The SMILES string of the molecule is Cn1cc(/C=C2\N=C(c3ccc(C(C)(C)C)cc3)OC2=O)cn1. The summed E-state index contributed by atoms with van der Waals surface area (Å²) in [5, 5.41) is 4.07. The van der Waals surface area contributed by atoms with Gasteiger partial charge in [-0.25, -0.2) is 9.79 Å². The van der Waals surface area contributed by atoms with Crippen LogP contribution >= 0.6 is 0 Å². The fourth-order valence-electron chi connectivity index (χ4n) is 2.32. The Morgan fingerprint density at radius 1 is 1.17 bits per heavy atom. The second kappa shape index (κ2) is 5.50. The van der Waals surface area contributed by atoms with Gasteiger partial charge in [0.25, 0.3) is 0 Å². The van der Waals surface area contributed by atoms with E-state index < -0.39 is 5.97 Å². The lowest BCUT2D eigenvalue weighted by Crippen LogP contribution is -2.11. The molecule has 3 rings (SSSR count). The lowest BCUT2D eigenvalue weighted by molar-refractivity contribution is -0.129. The van der Waals surface area contributed by atoms with Crippen LogP contribution in [0.5, 0.6) is 0 Å². The van der Waals surface area contributed by atoms with Gasteiger partial charge in [-0.15, -0.1) is 0 Å². The highest BCUT2D eigenvalue weighted by atomic mass is 16.6. The maximum Gasteiger partial charge on any atom is 0.363 e. The van der Waals surface area contributed by atoms with Gasteiger partial charge in [-0.05, 0) is 29.2 Å². The molecule has 0 aliphatic carbocycles. The number of aliphatic imine (C=N–C) groups is 1. The zero-order valence-corrected chi connectivity index (χ0v) is 13.7. The molecule has 0 spiro atoms. The van der Waals surface area contributed by atoms with Crippen molar-refractivity contribution in [1.29, 1.82) is 0 Å². The number of esters is 1. The number of aryl methyl sites for hydroxylation is 1. The van der Waals surface area contributed by atoms with Crippen molar-refractivity contribution in [3.8, 4) is 0 Å². The van der Waals surface area contributed by atoms with Crippen LogP contribution in [0, 0.1) is 0 Å². The summed E-state index contributed by atoms with van der Waals surface area (Å²) in [6.07, 6.45) is 5.16. The third-order valence-electron chi connectivity index (χ3n) is 3.65. The maximum absolute atomic E-state index is 12.0. The highest BCUT2D eigenvalue weighted by Gasteiger charge is 2.24. The second-order valence-corrected chi connectivity index (χ2v) is 6.61. The first-order valence-corrected chi connectivity index (χ1v) is 7.45. The minimum absolute atomic E-state index is 0.0814. The van der Waals surface area contributed by atoms with E-state index in [9.17, 15) is 4.79 Å². The number of aromatic nitrogens is 2. The zero-order valence-electron chi connectivity index (χ0n) is 13.7. The van der Waals surface area contributed by atoms with Gasteiger partial charge in [0.2, 0.25) is 5.90 Å². The molecule has 118 valence electrons. The number of ether oxygens (including phenoxy) is 1. The predicted molar refractivity (Wildman–Crippen MR) is 89.0 cm³/mol. The number of rotatable bonds is 2. The molecule has 0 radical (unpaired) electrons. The Labute approximate surface area is 135 Å². The molecule has 1 aliphatic rings. The number of benzene rings is 1. The van der Waals surface area contributed by atoms with Gasteiger partial charge in [-0.3, -0.25) is 4.68 Å². The zero-order chi connectivity index (χ0) is 16.6. The highest BCUT2D eigenvalue weighted by Crippen LogP contribution is 2.24. The fraction of sp³-hybridized carbons (Fsp3) is 0.278. The van der Waals surface area contributed by atoms with Crippen LogP contribution in [0.2, 0.25) is 0 Å². The quantitative estimate of drug-likeness (QED) is 0.633. The number of hydrogen-bond acceptors (Lipinski definition) is 4. The molecule has 1 aromatic heterocycles. The van der Waals surface area contributed by atoms with Crippen LogP contribution < -0.4 is 0 Å². The van der Waals surface area contributed by atoms with Crippen molar-refractivity contribution in [2.45, 2.75) is 26.2 Å². The minimum atomic E-state index is -0.441. The standard InChI is InChI=1S/C18H19N3O2/c1-18(2,3)14-7-5-13(6-8-14)16-20-15(17(22)23-16)9-12-10-19-21(4)11-12/h5-11H,1-4H3/b15-9-. The van der Waals surface area contributed by atoms with Crippen LogP contribution in [0.3, 0.4) is 0 Å². The monoisotopic (exact) mass is 309 g/mol. The summed E-state index contributed by atoms with van der Waals surface area (Å²) >= 11 is 0. The van der Waals surface area contributed by atoms with Crippen molar-refractivity contribution in [3.05, 3.63) is 59.0 Å². The number of nitrogens with zero attached hydrogens (tertiary/aromatic N) is 3. The smallest absolute Gasteiger partial charge is 0.363 e. The second-order valence-electron chi connectivity index (χ2n) is 6.61. The molecule has 5 heteroatoms. The van der Waals surface area contributed by atoms with Crippen LogP contribution in [-0.2, 0) is 22.0 Å². The maximum atomic E-state index is 12.0. The first kappa shape index (κ1) is 15.2. The average molecular weight is 309 g/mol. The van der Waals surface area contributed by atoms with Gasteiger partial charge in [0.15, 0.2) is 5.70 Å². The Morgan fingerprint density at radius 2 is 1.87 bits per heavy atom. The first-order chi connectivity index (χ1) is 10.8. The van der Waals surface area contributed by atoms with Crippen LogP contribution in [0.15, 0.2) is 47.3 Å². The van der Waals surface area contributed by atoms with Crippen LogP contribution in [-0.4, -0.2) is 21.6 Å². The van der Waals surface area contributed by atoms with E-state index >= 15 is 0 Å². The molecule has 23 heavy (non-hydrogen) atoms. The Kier molecular flexibility index (Phi) is 3.64. The normalized spacial score (nSPS) is 16.6. The van der Waals surface area contributed by atoms with Crippen molar-refractivity contribution >= 4 is 17.9 Å². The van der Waals surface area contributed by atoms with Crippen molar-refractivity contribution in [2.75, 3.05) is 0 Å². The van der Waals surface area contributed by atoms with E-state index in [2.05, 4.69) is 30.9 Å². The summed E-state index contributed by atoms with van der Waals surface area (Å²) in [5.74, 6) is -0.102. The van der Waals surface area contributed by atoms with E-state index in [0.717, 1.165) is 11.1 Å². The molecule has 0 saturated heterocycles. The lowest BCUT2D eigenvalue weighted by atomic mass is 9.87. The molecule has 0 fully saturated rings. The molecule has 0 amide bonds.